The van der Waals surface area contributed by atoms with Crippen LogP contribution in [0.15, 0.2) is 29.7 Å². The standard InChI is InChI=1S/C13H9Cl2NO2S2/c1-2-3-18-11-8(14)4-7(5-9(11)15)6-10-12(17)16-13(19)20-10/h2,4-6H,1,3H2,(H,16,17,19)/b10-6-. The topological polar surface area (TPSA) is 38.3 Å². The first kappa shape index (κ1) is 15.4. The van der Waals surface area contributed by atoms with Crippen molar-refractivity contribution in [3.63, 3.8) is 0 Å². The van der Waals surface area contributed by atoms with Crippen LogP contribution in [0, 0.1) is 0 Å². The number of rotatable bonds is 4. The smallest absolute Gasteiger partial charge is 0.263 e. The van der Waals surface area contributed by atoms with Gasteiger partial charge in [-0.15, -0.1) is 0 Å². The fraction of sp³-hybridized carbons (Fsp3) is 0.0769. The number of benzene rings is 1. The first-order valence-electron chi connectivity index (χ1n) is 5.49. The predicted molar refractivity (Wildman–Crippen MR) is 88.5 cm³/mol. The third-order valence-corrected chi connectivity index (χ3v) is 4.03. The van der Waals surface area contributed by atoms with E-state index in [1.165, 1.54) is 11.8 Å². The molecule has 1 aliphatic heterocycles. The highest BCUT2D eigenvalue weighted by Crippen LogP contribution is 2.36. The van der Waals surface area contributed by atoms with Crippen molar-refractivity contribution in [3.8, 4) is 5.75 Å². The van der Waals surface area contributed by atoms with Crippen LogP contribution in [0.3, 0.4) is 0 Å². The second-order valence-corrected chi connectivity index (χ2v) is 6.30. The SMILES string of the molecule is C=CCOc1c(Cl)cc(/C=C2\SC(=S)NC2=O)cc1Cl. The molecule has 0 aliphatic carbocycles. The molecule has 0 atom stereocenters. The minimum atomic E-state index is -0.223. The van der Waals surface area contributed by atoms with Gasteiger partial charge in [0.1, 0.15) is 10.9 Å². The summed E-state index contributed by atoms with van der Waals surface area (Å²) in [6.45, 7) is 3.87. The number of hydrogen-bond donors (Lipinski definition) is 1. The van der Waals surface area contributed by atoms with Crippen molar-refractivity contribution in [2.75, 3.05) is 6.61 Å². The van der Waals surface area contributed by atoms with Gasteiger partial charge in [-0.05, 0) is 23.8 Å². The van der Waals surface area contributed by atoms with Crippen molar-refractivity contribution in [1.82, 2.24) is 5.32 Å². The predicted octanol–water partition coefficient (Wildman–Crippen LogP) is 4.05. The molecule has 0 unspecified atom stereocenters. The van der Waals surface area contributed by atoms with Gasteiger partial charge in [0.2, 0.25) is 0 Å². The summed E-state index contributed by atoms with van der Waals surface area (Å²) < 4.78 is 5.81. The molecule has 2 rings (SSSR count). The molecule has 104 valence electrons. The van der Waals surface area contributed by atoms with Crippen molar-refractivity contribution < 1.29 is 9.53 Å². The van der Waals surface area contributed by atoms with Crippen molar-refractivity contribution in [2.45, 2.75) is 0 Å². The van der Waals surface area contributed by atoms with Gasteiger partial charge in [0.05, 0.1) is 15.0 Å². The molecule has 1 aliphatic rings. The molecule has 1 saturated heterocycles. The molecule has 7 heteroatoms. The Balaban J connectivity index is 2.31. The average Bonchev–Trinajstić information content (AvgIpc) is 2.67. The summed E-state index contributed by atoms with van der Waals surface area (Å²) in [6.07, 6.45) is 3.28. The number of ether oxygens (including phenoxy) is 1. The molecule has 1 fully saturated rings. The summed E-state index contributed by atoms with van der Waals surface area (Å²) in [5.41, 5.74) is 0.702. The lowest BCUT2D eigenvalue weighted by molar-refractivity contribution is -0.115. The van der Waals surface area contributed by atoms with Gasteiger partial charge in [0.15, 0.2) is 5.75 Å². The molecule has 3 nitrogen and oxygen atoms in total. The Morgan fingerprint density at radius 1 is 1.40 bits per heavy atom. The highest BCUT2D eigenvalue weighted by molar-refractivity contribution is 8.26. The maximum Gasteiger partial charge on any atom is 0.263 e. The van der Waals surface area contributed by atoms with Crippen molar-refractivity contribution >= 4 is 63.5 Å². The zero-order valence-corrected chi connectivity index (χ0v) is 13.3. The summed E-state index contributed by atoms with van der Waals surface area (Å²) in [5.74, 6) is 0.175. The van der Waals surface area contributed by atoms with Gasteiger partial charge in [-0.25, -0.2) is 0 Å². The first-order chi connectivity index (χ1) is 9.51. The van der Waals surface area contributed by atoms with E-state index in [0.717, 1.165) is 0 Å². The van der Waals surface area contributed by atoms with E-state index in [-0.39, 0.29) is 5.91 Å². The number of carbonyl (C=O) groups is 1. The van der Waals surface area contributed by atoms with Crippen molar-refractivity contribution in [1.29, 1.82) is 0 Å². The average molecular weight is 346 g/mol. The van der Waals surface area contributed by atoms with E-state index in [1.54, 1.807) is 24.3 Å². The lowest BCUT2D eigenvalue weighted by Gasteiger charge is -2.09. The monoisotopic (exact) mass is 345 g/mol. The third kappa shape index (κ3) is 3.55. The fourth-order valence-corrected chi connectivity index (χ4v) is 3.17. The summed E-state index contributed by atoms with van der Waals surface area (Å²) in [7, 11) is 0. The molecule has 0 aromatic heterocycles. The van der Waals surface area contributed by atoms with Gasteiger partial charge < -0.3 is 10.1 Å². The summed E-state index contributed by atoms with van der Waals surface area (Å²) in [5, 5.41) is 3.29. The number of halogens is 2. The molecular formula is C13H9Cl2NO2S2. The van der Waals surface area contributed by atoms with Crippen LogP contribution >= 0.6 is 47.2 Å². The summed E-state index contributed by atoms with van der Waals surface area (Å²) >= 11 is 18.3. The Labute approximate surface area is 136 Å². The van der Waals surface area contributed by atoms with Crippen LogP contribution in [0.25, 0.3) is 6.08 Å². The van der Waals surface area contributed by atoms with E-state index in [4.69, 9.17) is 40.2 Å². The lowest BCUT2D eigenvalue weighted by atomic mass is 10.2. The van der Waals surface area contributed by atoms with E-state index in [9.17, 15) is 4.79 Å². The van der Waals surface area contributed by atoms with Gasteiger partial charge in [-0.3, -0.25) is 4.79 Å². The van der Waals surface area contributed by atoms with Crippen molar-refractivity contribution in [3.05, 3.63) is 45.3 Å². The molecule has 0 spiro atoms. The molecule has 0 bridgehead atoms. The fourth-order valence-electron chi connectivity index (χ4n) is 1.52. The highest BCUT2D eigenvalue weighted by atomic mass is 35.5. The maximum absolute atomic E-state index is 11.6. The normalized spacial score (nSPS) is 16.4. The Hall–Kier alpha value is -1.01. The van der Waals surface area contributed by atoms with Gasteiger partial charge in [0, 0.05) is 0 Å². The van der Waals surface area contributed by atoms with Crippen LogP contribution in [0.1, 0.15) is 5.56 Å². The van der Waals surface area contributed by atoms with E-state index in [0.29, 0.717) is 37.2 Å². The molecule has 0 saturated carbocycles. The Kier molecular flexibility index (Phi) is 5.10. The van der Waals surface area contributed by atoms with Gasteiger partial charge in [0.25, 0.3) is 5.91 Å². The second kappa shape index (κ2) is 6.63. The molecule has 1 N–H and O–H groups in total. The molecule has 20 heavy (non-hydrogen) atoms. The van der Waals surface area contributed by atoms with Crippen molar-refractivity contribution in [2.24, 2.45) is 0 Å². The van der Waals surface area contributed by atoms with Gasteiger partial charge in [-0.2, -0.15) is 0 Å². The highest BCUT2D eigenvalue weighted by Gasteiger charge is 2.22. The number of nitrogens with one attached hydrogen (secondary N) is 1. The number of thiocarbonyl (C=S) groups is 1. The van der Waals surface area contributed by atoms with Gasteiger partial charge in [-0.1, -0.05) is 59.8 Å². The van der Waals surface area contributed by atoms with E-state index in [2.05, 4.69) is 11.9 Å². The number of amides is 1. The number of hydrogen-bond acceptors (Lipinski definition) is 4. The third-order valence-electron chi connectivity index (χ3n) is 2.31. The Bertz CT molecular complexity index is 606. The molecule has 1 heterocycles. The van der Waals surface area contributed by atoms with Crippen LogP contribution in [0.4, 0.5) is 0 Å². The Morgan fingerprint density at radius 2 is 2.05 bits per heavy atom. The zero-order valence-electron chi connectivity index (χ0n) is 10.1. The molecule has 0 radical (unpaired) electrons. The van der Waals surface area contributed by atoms with E-state index in [1.807, 2.05) is 0 Å². The Morgan fingerprint density at radius 3 is 2.55 bits per heavy atom. The van der Waals surface area contributed by atoms with Crippen LogP contribution in [0.5, 0.6) is 5.75 Å². The number of carbonyl (C=O) groups excluding carboxylic acids is 1. The molecular weight excluding hydrogens is 337 g/mol. The second-order valence-electron chi connectivity index (χ2n) is 3.77. The van der Waals surface area contributed by atoms with Crippen LogP contribution in [0.2, 0.25) is 10.0 Å². The quantitative estimate of drug-likeness (QED) is 0.507. The molecule has 1 aromatic carbocycles. The maximum atomic E-state index is 11.6. The molecule has 1 aromatic rings. The van der Waals surface area contributed by atoms with E-state index >= 15 is 0 Å². The largest absolute Gasteiger partial charge is 0.486 e. The molecule has 1 amide bonds. The number of thioether (sulfide) groups is 1. The lowest BCUT2D eigenvalue weighted by Crippen LogP contribution is -2.17. The minimum absolute atomic E-state index is 0.223. The van der Waals surface area contributed by atoms with Crippen LogP contribution < -0.4 is 10.1 Å². The zero-order chi connectivity index (χ0) is 14.7. The van der Waals surface area contributed by atoms with Gasteiger partial charge >= 0.3 is 0 Å². The van der Waals surface area contributed by atoms with Crippen LogP contribution in [-0.4, -0.2) is 16.8 Å². The van der Waals surface area contributed by atoms with E-state index < -0.39 is 0 Å². The minimum Gasteiger partial charge on any atom is -0.486 e. The summed E-state index contributed by atoms with van der Waals surface area (Å²) in [6, 6.07) is 3.35. The summed E-state index contributed by atoms with van der Waals surface area (Å²) in [4.78, 5) is 12.1. The first-order valence-corrected chi connectivity index (χ1v) is 7.47. The van der Waals surface area contributed by atoms with Crippen LogP contribution in [-0.2, 0) is 4.79 Å².